The van der Waals surface area contributed by atoms with Gasteiger partial charge in [0, 0.05) is 11.8 Å². The molecule has 0 bridgehead atoms. The maximum absolute atomic E-state index is 12.3. The largest absolute Gasteiger partial charge is 0.497 e. The first-order valence-electron chi connectivity index (χ1n) is 10.4. The zero-order chi connectivity index (χ0) is 23.6. The molecule has 3 aromatic rings. The minimum Gasteiger partial charge on any atom is -0.497 e. The number of carbonyl (C=O) groups excluding carboxylic acids is 2. The van der Waals surface area contributed by atoms with Gasteiger partial charge in [0.1, 0.15) is 11.5 Å². The first-order valence-corrected chi connectivity index (χ1v) is 11.4. The van der Waals surface area contributed by atoms with Crippen molar-refractivity contribution in [2.24, 2.45) is 0 Å². The second-order valence-corrected chi connectivity index (χ2v) is 7.88. The van der Waals surface area contributed by atoms with Crippen molar-refractivity contribution in [1.29, 1.82) is 0 Å². The van der Waals surface area contributed by atoms with Crippen LogP contribution in [0.15, 0.2) is 47.6 Å². The zero-order valence-corrected chi connectivity index (χ0v) is 19.5. The van der Waals surface area contributed by atoms with E-state index in [9.17, 15) is 9.59 Å². The molecule has 174 valence electrons. The van der Waals surface area contributed by atoms with E-state index >= 15 is 0 Å². The molecule has 1 heterocycles. The molecule has 0 aliphatic rings. The van der Waals surface area contributed by atoms with Gasteiger partial charge in [0.05, 0.1) is 37.7 Å². The summed E-state index contributed by atoms with van der Waals surface area (Å²) in [5.74, 6) is 1.33. The normalized spacial score (nSPS) is 10.5. The lowest BCUT2D eigenvalue weighted by Crippen LogP contribution is -2.14. The van der Waals surface area contributed by atoms with Gasteiger partial charge in [0.25, 0.3) is 0 Å². The molecule has 0 unspecified atom stereocenters. The molecule has 10 heteroatoms. The second-order valence-electron chi connectivity index (χ2n) is 6.94. The van der Waals surface area contributed by atoms with Crippen LogP contribution in [0.5, 0.6) is 11.5 Å². The Kier molecular flexibility index (Phi) is 8.71. The number of anilines is 1. The van der Waals surface area contributed by atoms with Gasteiger partial charge in [-0.2, -0.15) is 0 Å². The molecule has 0 fully saturated rings. The Hall–Kier alpha value is -3.53. The van der Waals surface area contributed by atoms with Crippen LogP contribution in [0.25, 0.3) is 11.4 Å². The molecule has 0 saturated carbocycles. The van der Waals surface area contributed by atoms with E-state index in [0.29, 0.717) is 40.3 Å². The topological polar surface area (TPSA) is 115 Å². The Morgan fingerprint density at radius 3 is 2.58 bits per heavy atom. The molecule has 0 radical (unpaired) electrons. The van der Waals surface area contributed by atoms with E-state index in [2.05, 4.69) is 20.5 Å². The number of hydrogen-bond acceptors (Lipinski definition) is 8. The van der Waals surface area contributed by atoms with Crippen LogP contribution in [0, 0.1) is 0 Å². The molecule has 2 N–H and O–H groups in total. The lowest BCUT2D eigenvalue weighted by molar-refractivity contribution is -0.113. The SMILES string of the molecule is CCCCOC(=O)c1ccc(NC(=O)CSc2n[nH]c(-c3ccc(OC)cc3OC)n2)cc1. The van der Waals surface area contributed by atoms with E-state index in [1.165, 1.54) is 11.8 Å². The summed E-state index contributed by atoms with van der Waals surface area (Å²) >= 11 is 1.20. The van der Waals surface area contributed by atoms with Gasteiger partial charge in [0.2, 0.25) is 11.1 Å². The van der Waals surface area contributed by atoms with E-state index < -0.39 is 0 Å². The molecule has 0 atom stereocenters. The number of H-pyrrole nitrogens is 1. The van der Waals surface area contributed by atoms with Gasteiger partial charge in [-0.15, -0.1) is 5.10 Å². The van der Waals surface area contributed by atoms with Gasteiger partial charge >= 0.3 is 5.97 Å². The molecule has 1 amide bonds. The van der Waals surface area contributed by atoms with Crippen molar-refractivity contribution in [1.82, 2.24) is 15.2 Å². The van der Waals surface area contributed by atoms with E-state index in [1.807, 2.05) is 13.0 Å². The molecule has 0 aliphatic carbocycles. The lowest BCUT2D eigenvalue weighted by Gasteiger charge is -2.07. The fraction of sp³-hybridized carbons (Fsp3) is 0.304. The molecular formula is C23H26N4O5S. The minimum atomic E-state index is -0.370. The van der Waals surface area contributed by atoms with Gasteiger partial charge < -0.3 is 19.5 Å². The van der Waals surface area contributed by atoms with Crippen LogP contribution in [0.1, 0.15) is 30.1 Å². The summed E-state index contributed by atoms with van der Waals surface area (Å²) in [6, 6.07) is 12.0. The van der Waals surface area contributed by atoms with Gasteiger partial charge in [-0.3, -0.25) is 9.89 Å². The van der Waals surface area contributed by atoms with E-state index in [1.54, 1.807) is 50.6 Å². The molecule has 1 aromatic heterocycles. The standard InChI is InChI=1S/C23H26N4O5S/c1-4-5-12-32-22(29)15-6-8-16(9-7-15)24-20(28)14-33-23-25-21(26-27-23)18-11-10-17(30-2)13-19(18)31-3/h6-11,13H,4-5,12,14H2,1-3H3,(H,24,28)(H,25,26,27). The monoisotopic (exact) mass is 470 g/mol. The van der Waals surface area contributed by atoms with Crippen LogP contribution in [-0.2, 0) is 9.53 Å². The van der Waals surface area contributed by atoms with Crippen LogP contribution < -0.4 is 14.8 Å². The van der Waals surface area contributed by atoms with Crippen molar-refractivity contribution >= 4 is 29.3 Å². The van der Waals surface area contributed by atoms with Gasteiger partial charge in [-0.25, -0.2) is 9.78 Å². The first kappa shape index (κ1) is 24.1. The maximum atomic E-state index is 12.3. The van der Waals surface area contributed by atoms with Crippen molar-refractivity contribution in [3.05, 3.63) is 48.0 Å². The quantitative estimate of drug-likeness (QED) is 0.244. The van der Waals surface area contributed by atoms with Gasteiger partial charge in [-0.1, -0.05) is 25.1 Å². The Labute approximate surface area is 196 Å². The van der Waals surface area contributed by atoms with E-state index in [-0.39, 0.29) is 17.6 Å². The van der Waals surface area contributed by atoms with Crippen LogP contribution in [-0.4, -0.2) is 53.6 Å². The summed E-state index contributed by atoms with van der Waals surface area (Å²) in [5, 5.41) is 10.2. The number of hydrogen-bond donors (Lipinski definition) is 2. The highest BCUT2D eigenvalue weighted by molar-refractivity contribution is 7.99. The third kappa shape index (κ3) is 6.72. The Morgan fingerprint density at radius 1 is 1.09 bits per heavy atom. The summed E-state index contributed by atoms with van der Waals surface area (Å²) in [7, 11) is 3.15. The van der Waals surface area contributed by atoms with Gasteiger partial charge in [0.15, 0.2) is 5.82 Å². The van der Waals surface area contributed by atoms with Crippen LogP contribution in [0.3, 0.4) is 0 Å². The van der Waals surface area contributed by atoms with Crippen molar-refractivity contribution in [3.8, 4) is 22.9 Å². The van der Waals surface area contributed by atoms with Crippen LogP contribution >= 0.6 is 11.8 Å². The number of ether oxygens (including phenoxy) is 3. The third-order valence-corrected chi connectivity index (χ3v) is 5.44. The molecular weight excluding hydrogens is 444 g/mol. The Bertz CT molecular complexity index is 1080. The van der Waals surface area contributed by atoms with E-state index in [4.69, 9.17) is 14.2 Å². The molecule has 0 spiro atoms. The number of aromatic nitrogens is 3. The molecule has 3 rings (SSSR count). The summed E-state index contributed by atoms with van der Waals surface area (Å²) in [6.45, 7) is 2.43. The zero-order valence-electron chi connectivity index (χ0n) is 18.7. The first-order chi connectivity index (χ1) is 16.0. The van der Waals surface area contributed by atoms with Crippen LogP contribution in [0.4, 0.5) is 5.69 Å². The fourth-order valence-corrected chi connectivity index (χ4v) is 3.43. The molecule has 2 aromatic carbocycles. The number of rotatable bonds is 11. The van der Waals surface area contributed by atoms with E-state index in [0.717, 1.165) is 18.4 Å². The maximum Gasteiger partial charge on any atom is 0.338 e. The Balaban J connectivity index is 1.53. The highest BCUT2D eigenvalue weighted by Crippen LogP contribution is 2.32. The highest BCUT2D eigenvalue weighted by atomic mass is 32.2. The number of nitrogens with zero attached hydrogens (tertiary/aromatic N) is 2. The molecule has 33 heavy (non-hydrogen) atoms. The van der Waals surface area contributed by atoms with Crippen LogP contribution in [0.2, 0.25) is 0 Å². The number of thioether (sulfide) groups is 1. The lowest BCUT2D eigenvalue weighted by atomic mass is 10.2. The fourth-order valence-electron chi connectivity index (χ4n) is 2.83. The number of nitrogens with one attached hydrogen (secondary N) is 2. The number of carbonyl (C=O) groups is 2. The average Bonchev–Trinajstić information content (AvgIpc) is 3.31. The molecule has 0 aliphatic heterocycles. The summed E-state index contributed by atoms with van der Waals surface area (Å²) in [5.41, 5.74) is 1.76. The van der Waals surface area contributed by atoms with Crippen molar-refractivity contribution in [2.75, 3.05) is 31.9 Å². The summed E-state index contributed by atoms with van der Waals surface area (Å²) < 4.78 is 15.8. The number of amides is 1. The predicted molar refractivity (Wildman–Crippen MR) is 126 cm³/mol. The van der Waals surface area contributed by atoms with Crippen molar-refractivity contribution in [2.45, 2.75) is 24.9 Å². The Morgan fingerprint density at radius 2 is 1.88 bits per heavy atom. The number of benzene rings is 2. The number of aromatic amines is 1. The third-order valence-electron chi connectivity index (χ3n) is 4.60. The van der Waals surface area contributed by atoms with Crippen molar-refractivity contribution in [3.63, 3.8) is 0 Å². The average molecular weight is 471 g/mol. The summed E-state index contributed by atoms with van der Waals surface area (Å²) in [4.78, 5) is 28.7. The van der Waals surface area contributed by atoms with Crippen molar-refractivity contribution < 1.29 is 23.8 Å². The molecule has 0 saturated heterocycles. The minimum absolute atomic E-state index is 0.123. The highest BCUT2D eigenvalue weighted by Gasteiger charge is 2.14. The number of unbranched alkanes of at least 4 members (excludes halogenated alkanes) is 1. The molecule has 9 nitrogen and oxygen atoms in total. The number of methoxy groups -OCH3 is 2. The smallest absolute Gasteiger partial charge is 0.338 e. The predicted octanol–water partition coefficient (Wildman–Crippen LogP) is 4.18. The second kappa shape index (κ2) is 11.9. The van der Waals surface area contributed by atoms with Gasteiger partial charge in [-0.05, 0) is 42.8 Å². The number of esters is 1. The summed E-state index contributed by atoms with van der Waals surface area (Å²) in [6.07, 6.45) is 1.79.